The van der Waals surface area contributed by atoms with Gasteiger partial charge in [-0.2, -0.15) is 0 Å². The number of para-hydroxylation sites is 1. The molecule has 0 aliphatic carbocycles. The van der Waals surface area contributed by atoms with Gasteiger partial charge in [0.05, 0.1) is 23.2 Å². The molecule has 1 aliphatic heterocycles. The van der Waals surface area contributed by atoms with E-state index < -0.39 is 19.7 Å². The van der Waals surface area contributed by atoms with Gasteiger partial charge in [0.15, 0.2) is 0 Å². The van der Waals surface area contributed by atoms with Gasteiger partial charge >= 0.3 is 0 Å². The first kappa shape index (κ1) is 28.8. The van der Waals surface area contributed by atoms with Gasteiger partial charge < -0.3 is 19.4 Å². The molecule has 0 spiro atoms. The summed E-state index contributed by atoms with van der Waals surface area (Å²) in [6.45, 7) is 2.41. The van der Waals surface area contributed by atoms with E-state index in [-0.39, 0.29) is 4.90 Å². The topological polar surface area (TPSA) is 75.1 Å². The number of methoxy groups -OCH3 is 1. The third-order valence-corrected chi connectivity index (χ3v) is 8.82. The van der Waals surface area contributed by atoms with Crippen LogP contribution >= 0.6 is 34.8 Å². The summed E-state index contributed by atoms with van der Waals surface area (Å²) in [5, 5.41) is 0.929. The Morgan fingerprint density at radius 1 is 1.05 bits per heavy atom. The second-order valence-corrected chi connectivity index (χ2v) is 13.6. The standard InChI is InChI=1S/C26H31Cl3N4O4S/c1-30(2)12-6-7-19-18-33(22-9-5-4-8-21(19)22)38(35,36)20-10-11-24(37-3)23(17-20)31-13-15-32(16-14-31)25(34)26(27,28)29/h4-5,8-11,17-18H,6-7,12-16H2,1-3H3. The van der Waals surface area contributed by atoms with Crippen LogP contribution in [0.4, 0.5) is 5.69 Å². The molecule has 1 aliphatic rings. The van der Waals surface area contributed by atoms with Crippen molar-refractivity contribution >= 4 is 67.3 Å². The zero-order valence-corrected chi connectivity index (χ0v) is 24.6. The molecular weight excluding hydrogens is 571 g/mol. The number of carbonyl (C=O) groups is 1. The van der Waals surface area contributed by atoms with Crippen molar-refractivity contribution in [3.63, 3.8) is 0 Å². The number of halogens is 3. The smallest absolute Gasteiger partial charge is 0.274 e. The monoisotopic (exact) mass is 600 g/mol. The van der Waals surface area contributed by atoms with Crippen LogP contribution in [0, 0.1) is 0 Å². The first-order chi connectivity index (χ1) is 17.9. The summed E-state index contributed by atoms with van der Waals surface area (Å²) < 4.78 is 32.8. The second kappa shape index (κ2) is 11.5. The van der Waals surface area contributed by atoms with E-state index in [2.05, 4.69) is 4.90 Å². The van der Waals surface area contributed by atoms with E-state index in [1.807, 2.05) is 43.3 Å². The molecule has 0 unspecified atom stereocenters. The van der Waals surface area contributed by atoms with Crippen LogP contribution in [-0.2, 0) is 21.2 Å². The number of amides is 1. The number of ether oxygens (including phenoxy) is 1. The number of alkyl halides is 3. The fourth-order valence-corrected chi connectivity index (χ4v) is 6.49. The van der Waals surface area contributed by atoms with E-state index in [1.54, 1.807) is 24.4 Å². The third kappa shape index (κ3) is 6.02. The summed E-state index contributed by atoms with van der Waals surface area (Å²) in [6.07, 6.45) is 3.42. The molecule has 8 nitrogen and oxygen atoms in total. The molecule has 0 bridgehead atoms. The number of hydrogen-bond donors (Lipinski definition) is 0. The van der Waals surface area contributed by atoms with Gasteiger partial charge in [-0.25, -0.2) is 12.4 Å². The van der Waals surface area contributed by atoms with Crippen molar-refractivity contribution in [2.75, 3.05) is 58.8 Å². The molecule has 206 valence electrons. The predicted octanol–water partition coefficient (Wildman–Crippen LogP) is 4.40. The van der Waals surface area contributed by atoms with Gasteiger partial charge in [0.25, 0.3) is 19.7 Å². The molecule has 3 aromatic rings. The Labute approximate surface area is 238 Å². The maximum atomic E-state index is 13.9. The average molecular weight is 602 g/mol. The van der Waals surface area contributed by atoms with Crippen LogP contribution in [-0.4, -0.2) is 85.8 Å². The molecule has 0 N–H and O–H groups in total. The summed E-state index contributed by atoms with van der Waals surface area (Å²) in [5.41, 5.74) is 2.26. The number of nitrogens with zero attached hydrogens (tertiary/aromatic N) is 4. The molecule has 2 aromatic carbocycles. The quantitative estimate of drug-likeness (QED) is 0.357. The first-order valence-electron chi connectivity index (χ1n) is 12.2. The lowest BCUT2D eigenvalue weighted by Crippen LogP contribution is -2.51. The Bertz CT molecular complexity index is 1410. The molecule has 1 amide bonds. The van der Waals surface area contributed by atoms with Crippen LogP contribution in [0.15, 0.2) is 53.6 Å². The first-order valence-corrected chi connectivity index (χ1v) is 14.8. The minimum atomic E-state index is -3.91. The van der Waals surface area contributed by atoms with Crippen LogP contribution in [0.5, 0.6) is 5.75 Å². The number of anilines is 1. The Morgan fingerprint density at radius 2 is 1.74 bits per heavy atom. The van der Waals surface area contributed by atoms with Gasteiger partial charge in [-0.1, -0.05) is 53.0 Å². The van der Waals surface area contributed by atoms with Crippen LogP contribution in [0.1, 0.15) is 12.0 Å². The van der Waals surface area contributed by atoms with Crippen LogP contribution in [0.25, 0.3) is 10.9 Å². The van der Waals surface area contributed by atoms with Gasteiger partial charge in [-0.3, -0.25) is 4.79 Å². The van der Waals surface area contributed by atoms with E-state index in [4.69, 9.17) is 39.5 Å². The summed E-state index contributed by atoms with van der Waals surface area (Å²) >= 11 is 17.3. The van der Waals surface area contributed by atoms with Crippen molar-refractivity contribution in [2.24, 2.45) is 0 Å². The van der Waals surface area contributed by atoms with E-state index in [0.717, 1.165) is 30.3 Å². The van der Waals surface area contributed by atoms with Crippen molar-refractivity contribution < 1.29 is 17.9 Å². The van der Waals surface area contributed by atoms with E-state index in [1.165, 1.54) is 16.0 Å². The fourth-order valence-electron chi connectivity index (χ4n) is 4.72. The van der Waals surface area contributed by atoms with Gasteiger partial charge in [0.1, 0.15) is 5.75 Å². The highest BCUT2D eigenvalue weighted by Crippen LogP contribution is 2.35. The van der Waals surface area contributed by atoms with Gasteiger partial charge in [0, 0.05) is 37.8 Å². The van der Waals surface area contributed by atoms with Crippen molar-refractivity contribution in [2.45, 2.75) is 21.5 Å². The number of carbonyl (C=O) groups excluding carboxylic acids is 1. The summed E-state index contributed by atoms with van der Waals surface area (Å²) in [5.74, 6) is -0.0434. The van der Waals surface area contributed by atoms with Crippen molar-refractivity contribution in [1.29, 1.82) is 0 Å². The predicted molar refractivity (Wildman–Crippen MR) is 153 cm³/mol. The highest BCUT2D eigenvalue weighted by Gasteiger charge is 2.37. The molecule has 4 rings (SSSR count). The maximum absolute atomic E-state index is 13.9. The number of rotatable bonds is 8. The second-order valence-electron chi connectivity index (χ2n) is 9.49. The highest BCUT2D eigenvalue weighted by atomic mass is 35.6. The molecule has 38 heavy (non-hydrogen) atoms. The van der Waals surface area contributed by atoms with E-state index >= 15 is 0 Å². The van der Waals surface area contributed by atoms with Crippen molar-refractivity contribution in [3.8, 4) is 5.75 Å². The lowest BCUT2D eigenvalue weighted by Gasteiger charge is -2.37. The normalized spacial score (nSPS) is 14.9. The SMILES string of the molecule is COc1ccc(S(=O)(=O)n2cc(CCCN(C)C)c3ccccc32)cc1N1CCN(C(=O)C(Cl)(Cl)Cl)CC1. The molecule has 1 saturated heterocycles. The Hall–Kier alpha value is -2.17. The molecule has 0 saturated carbocycles. The van der Waals surface area contributed by atoms with Gasteiger partial charge in [0.2, 0.25) is 0 Å². The molecule has 12 heteroatoms. The number of hydrogen-bond acceptors (Lipinski definition) is 6. The number of piperazine rings is 1. The minimum Gasteiger partial charge on any atom is -0.495 e. The molecule has 1 fully saturated rings. The molecule has 0 radical (unpaired) electrons. The zero-order chi connectivity index (χ0) is 27.7. The van der Waals surface area contributed by atoms with Crippen LogP contribution in [0.3, 0.4) is 0 Å². The number of benzene rings is 2. The highest BCUT2D eigenvalue weighted by molar-refractivity contribution is 7.90. The van der Waals surface area contributed by atoms with Gasteiger partial charge in [-0.15, -0.1) is 0 Å². The largest absolute Gasteiger partial charge is 0.495 e. The number of aryl methyl sites for hydroxylation is 1. The van der Waals surface area contributed by atoms with E-state index in [9.17, 15) is 13.2 Å². The lowest BCUT2D eigenvalue weighted by molar-refractivity contribution is -0.130. The van der Waals surface area contributed by atoms with E-state index in [0.29, 0.717) is 43.1 Å². The maximum Gasteiger partial charge on any atom is 0.274 e. The van der Waals surface area contributed by atoms with Crippen LogP contribution in [0.2, 0.25) is 0 Å². The molecule has 2 heterocycles. The fraction of sp³-hybridized carbons (Fsp3) is 0.423. The van der Waals surface area contributed by atoms with Crippen molar-refractivity contribution in [1.82, 2.24) is 13.8 Å². The lowest BCUT2D eigenvalue weighted by atomic mass is 10.1. The summed E-state index contributed by atoms with van der Waals surface area (Å²) in [7, 11) is 1.67. The number of aromatic nitrogens is 1. The Balaban J connectivity index is 1.65. The summed E-state index contributed by atoms with van der Waals surface area (Å²) in [6, 6.07) is 12.4. The Morgan fingerprint density at radius 3 is 2.37 bits per heavy atom. The van der Waals surface area contributed by atoms with Gasteiger partial charge in [-0.05, 0) is 63.3 Å². The number of fused-ring (bicyclic) bond motifs is 1. The summed E-state index contributed by atoms with van der Waals surface area (Å²) in [4.78, 5) is 18.1. The third-order valence-electron chi connectivity index (χ3n) is 6.67. The average Bonchev–Trinajstić information content (AvgIpc) is 3.26. The molecular formula is C26H31Cl3N4O4S. The molecule has 0 atom stereocenters. The Kier molecular flexibility index (Phi) is 8.74. The molecule has 1 aromatic heterocycles. The minimum absolute atomic E-state index is 0.147. The van der Waals surface area contributed by atoms with Crippen molar-refractivity contribution in [3.05, 3.63) is 54.2 Å². The van der Waals surface area contributed by atoms with Crippen LogP contribution < -0.4 is 9.64 Å². The zero-order valence-electron chi connectivity index (χ0n) is 21.5.